The largest absolute Gasteiger partial charge is 0.417 e. The summed E-state index contributed by atoms with van der Waals surface area (Å²) in [5.41, 5.74) is 4.60. The van der Waals surface area contributed by atoms with Crippen LogP contribution in [-0.4, -0.2) is 31.9 Å². The lowest BCUT2D eigenvalue weighted by molar-refractivity contribution is -0.137. The van der Waals surface area contributed by atoms with E-state index >= 15 is 0 Å². The molecule has 1 aliphatic rings. The summed E-state index contributed by atoms with van der Waals surface area (Å²) in [6.45, 7) is 2.24. The van der Waals surface area contributed by atoms with Crippen molar-refractivity contribution in [3.05, 3.63) is 28.8 Å². The van der Waals surface area contributed by atoms with Gasteiger partial charge in [0.1, 0.15) is 0 Å². The van der Waals surface area contributed by atoms with Crippen molar-refractivity contribution in [3.8, 4) is 0 Å². The SMILES string of the molecule is CC(N)C1CCN(S(=O)(=O)c2ccc(Cl)c(C(F)(F)F)c2)C1.Cl. The van der Waals surface area contributed by atoms with E-state index in [-0.39, 0.29) is 37.5 Å². The van der Waals surface area contributed by atoms with Gasteiger partial charge in [0.15, 0.2) is 0 Å². The molecule has 1 fully saturated rings. The molecule has 10 heteroatoms. The van der Waals surface area contributed by atoms with Crippen LogP contribution in [0.15, 0.2) is 23.1 Å². The topological polar surface area (TPSA) is 63.4 Å². The van der Waals surface area contributed by atoms with Gasteiger partial charge in [-0.1, -0.05) is 11.6 Å². The Labute approximate surface area is 144 Å². The molecule has 4 nitrogen and oxygen atoms in total. The van der Waals surface area contributed by atoms with Crippen molar-refractivity contribution in [2.45, 2.75) is 30.5 Å². The fourth-order valence-corrected chi connectivity index (χ4v) is 4.20. The van der Waals surface area contributed by atoms with Crippen LogP contribution in [0.5, 0.6) is 0 Å². The van der Waals surface area contributed by atoms with Crippen LogP contribution >= 0.6 is 24.0 Å². The van der Waals surface area contributed by atoms with Crippen molar-refractivity contribution >= 4 is 34.0 Å². The zero-order valence-electron chi connectivity index (χ0n) is 12.2. The van der Waals surface area contributed by atoms with Gasteiger partial charge in [-0.15, -0.1) is 12.4 Å². The van der Waals surface area contributed by atoms with Gasteiger partial charge in [0.2, 0.25) is 10.0 Å². The third kappa shape index (κ3) is 4.30. The quantitative estimate of drug-likeness (QED) is 0.858. The monoisotopic (exact) mass is 392 g/mol. The van der Waals surface area contributed by atoms with Crippen molar-refractivity contribution in [2.75, 3.05) is 13.1 Å². The molecule has 1 aromatic carbocycles. The number of benzene rings is 1. The summed E-state index contributed by atoms with van der Waals surface area (Å²) in [5, 5.41) is -0.527. The number of rotatable bonds is 3. The molecule has 1 heterocycles. The first kappa shape index (κ1) is 20.5. The zero-order valence-corrected chi connectivity index (χ0v) is 14.6. The van der Waals surface area contributed by atoms with E-state index < -0.39 is 31.7 Å². The van der Waals surface area contributed by atoms with Gasteiger partial charge in [-0.25, -0.2) is 8.42 Å². The Balaban J connectivity index is 0.00000264. The van der Waals surface area contributed by atoms with Crippen LogP contribution in [-0.2, 0) is 16.2 Å². The number of nitrogens with two attached hydrogens (primary N) is 1. The first-order valence-corrected chi connectivity index (χ1v) is 8.47. The summed E-state index contributed by atoms with van der Waals surface area (Å²) in [6.07, 6.45) is -4.11. The van der Waals surface area contributed by atoms with Crippen LogP contribution in [0.3, 0.4) is 0 Å². The molecule has 0 bridgehead atoms. The van der Waals surface area contributed by atoms with Crippen molar-refractivity contribution in [1.29, 1.82) is 0 Å². The third-order valence-electron chi connectivity index (χ3n) is 3.81. The van der Waals surface area contributed by atoms with Crippen molar-refractivity contribution in [2.24, 2.45) is 11.7 Å². The second kappa shape index (κ2) is 7.14. The minimum atomic E-state index is -4.71. The van der Waals surface area contributed by atoms with Crippen molar-refractivity contribution in [1.82, 2.24) is 4.31 Å². The van der Waals surface area contributed by atoms with E-state index in [0.717, 1.165) is 12.1 Å². The first-order valence-electron chi connectivity index (χ1n) is 6.66. The Morgan fingerprint density at radius 1 is 1.39 bits per heavy atom. The Bertz CT molecular complexity index is 666. The van der Waals surface area contributed by atoms with Gasteiger partial charge in [0, 0.05) is 19.1 Å². The van der Waals surface area contributed by atoms with E-state index in [1.54, 1.807) is 6.92 Å². The van der Waals surface area contributed by atoms with Gasteiger partial charge in [-0.2, -0.15) is 17.5 Å². The van der Waals surface area contributed by atoms with Crippen molar-refractivity contribution in [3.63, 3.8) is 0 Å². The zero-order chi connectivity index (χ0) is 16.7. The van der Waals surface area contributed by atoms with E-state index in [1.807, 2.05) is 0 Å². The van der Waals surface area contributed by atoms with Gasteiger partial charge in [0.25, 0.3) is 0 Å². The molecule has 1 saturated heterocycles. The molecule has 1 aromatic rings. The molecule has 0 aliphatic carbocycles. The van der Waals surface area contributed by atoms with Gasteiger partial charge in [-0.05, 0) is 37.5 Å². The standard InChI is InChI=1S/C13H16ClF3N2O2S.ClH/c1-8(18)9-4-5-19(7-9)22(20,21)10-2-3-12(14)11(6-10)13(15,16)17;/h2-3,6,8-9H,4-5,7,18H2,1H3;1H. The highest BCUT2D eigenvalue weighted by atomic mass is 35.5. The summed E-state index contributed by atoms with van der Waals surface area (Å²) >= 11 is 5.51. The molecule has 0 amide bonds. The predicted octanol–water partition coefficient (Wildman–Crippen LogP) is 3.14. The molecule has 0 radical (unpaired) electrons. The number of halogens is 5. The molecule has 2 unspecified atom stereocenters. The van der Waals surface area contributed by atoms with E-state index in [4.69, 9.17) is 17.3 Å². The number of alkyl halides is 3. The Hall–Kier alpha value is -0.540. The van der Waals surface area contributed by atoms with Crippen molar-refractivity contribution < 1.29 is 21.6 Å². The van der Waals surface area contributed by atoms with E-state index in [0.29, 0.717) is 12.5 Å². The summed E-state index contributed by atoms with van der Waals surface area (Å²) in [6, 6.07) is 2.45. The lowest BCUT2D eigenvalue weighted by Crippen LogP contribution is -2.33. The molecular formula is C13H17Cl2F3N2O2S. The molecular weight excluding hydrogens is 376 g/mol. The maximum absolute atomic E-state index is 12.9. The van der Waals surface area contributed by atoms with Crippen LogP contribution in [0, 0.1) is 5.92 Å². The molecule has 23 heavy (non-hydrogen) atoms. The Morgan fingerprint density at radius 2 is 2.00 bits per heavy atom. The van der Waals surface area contributed by atoms with Crippen LogP contribution < -0.4 is 5.73 Å². The fourth-order valence-electron chi connectivity index (χ4n) is 2.43. The number of hydrogen-bond donors (Lipinski definition) is 1. The maximum Gasteiger partial charge on any atom is 0.417 e. The Morgan fingerprint density at radius 3 is 2.48 bits per heavy atom. The summed E-state index contributed by atoms with van der Waals surface area (Å²) in [5.74, 6) is 0.00385. The van der Waals surface area contributed by atoms with E-state index in [1.165, 1.54) is 4.31 Å². The molecule has 2 atom stereocenters. The van der Waals surface area contributed by atoms with Gasteiger partial charge in [-0.3, -0.25) is 0 Å². The van der Waals surface area contributed by atoms with Crippen LogP contribution in [0.25, 0.3) is 0 Å². The van der Waals surface area contributed by atoms with Crippen LogP contribution in [0.1, 0.15) is 18.9 Å². The average molecular weight is 393 g/mol. The minimum Gasteiger partial charge on any atom is -0.328 e. The molecule has 0 spiro atoms. The van der Waals surface area contributed by atoms with E-state index in [9.17, 15) is 21.6 Å². The first-order chi connectivity index (χ1) is 10.0. The summed E-state index contributed by atoms with van der Waals surface area (Å²) in [4.78, 5) is -0.408. The van der Waals surface area contributed by atoms with Gasteiger partial charge >= 0.3 is 6.18 Å². The summed E-state index contributed by atoms with van der Waals surface area (Å²) < 4.78 is 64.7. The average Bonchev–Trinajstić information content (AvgIpc) is 2.87. The van der Waals surface area contributed by atoms with Crippen LogP contribution in [0.4, 0.5) is 13.2 Å². The predicted molar refractivity (Wildman–Crippen MR) is 84.2 cm³/mol. The smallest absolute Gasteiger partial charge is 0.328 e. The third-order valence-corrected chi connectivity index (χ3v) is 6.00. The second-order valence-corrected chi connectivity index (χ2v) is 7.76. The molecule has 2 N–H and O–H groups in total. The number of hydrogen-bond acceptors (Lipinski definition) is 3. The van der Waals surface area contributed by atoms with Gasteiger partial charge < -0.3 is 5.73 Å². The summed E-state index contributed by atoms with van der Waals surface area (Å²) in [7, 11) is -3.99. The van der Waals surface area contributed by atoms with Gasteiger partial charge in [0.05, 0.1) is 15.5 Å². The lowest BCUT2D eigenvalue weighted by atomic mass is 10.0. The molecule has 0 saturated carbocycles. The number of nitrogens with zero attached hydrogens (tertiary/aromatic N) is 1. The molecule has 132 valence electrons. The second-order valence-electron chi connectivity index (χ2n) is 5.41. The fraction of sp³-hybridized carbons (Fsp3) is 0.538. The Kier molecular flexibility index (Phi) is 6.37. The normalized spacial score (nSPS) is 21.0. The molecule has 2 rings (SSSR count). The highest BCUT2D eigenvalue weighted by Gasteiger charge is 2.37. The minimum absolute atomic E-state index is 0. The lowest BCUT2D eigenvalue weighted by Gasteiger charge is -2.19. The highest BCUT2D eigenvalue weighted by molar-refractivity contribution is 7.89. The van der Waals surface area contributed by atoms with E-state index in [2.05, 4.69) is 0 Å². The molecule has 1 aliphatic heterocycles. The molecule has 0 aromatic heterocycles. The maximum atomic E-state index is 12.9. The number of sulfonamides is 1. The highest BCUT2D eigenvalue weighted by Crippen LogP contribution is 2.37. The van der Waals surface area contributed by atoms with Crippen LogP contribution in [0.2, 0.25) is 5.02 Å².